The molecule has 21 heavy (non-hydrogen) atoms. The highest BCUT2D eigenvalue weighted by Gasteiger charge is 2.33. The van der Waals surface area contributed by atoms with E-state index in [0.717, 1.165) is 18.5 Å². The average molecular weight is 312 g/mol. The maximum atomic E-state index is 12.1. The smallest absolute Gasteiger partial charge is 0.212 e. The summed E-state index contributed by atoms with van der Waals surface area (Å²) in [4.78, 5) is 4.11. The number of oxime groups is 1. The van der Waals surface area contributed by atoms with E-state index < -0.39 is 10.0 Å². The number of nitrogens with one attached hydrogen (secondary N) is 1. The first-order valence-corrected chi connectivity index (χ1v) is 8.54. The van der Waals surface area contributed by atoms with Crippen molar-refractivity contribution in [1.82, 2.24) is 9.71 Å². The van der Waals surface area contributed by atoms with Crippen LogP contribution in [0, 0.1) is 5.92 Å². The fraction of sp³-hybridized carbons (Fsp3) is 0.538. The third kappa shape index (κ3) is 4.40. The fourth-order valence-electron chi connectivity index (χ4n) is 2.60. The van der Waals surface area contributed by atoms with Crippen LogP contribution in [0.1, 0.15) is 25.0 Å². The summed E-state index contributed by atoms with van der Waals surface area (Å²) >= 11 is 0. The third-order valence-corrected chi connectivity index (χ3v) is 5.10. The highest BCUT2D eigenvalue weighted by molar-refractivity contribution is 7.89. The zero-order valence-electron chi connectivity index (χ0n) is 11.6. The van der Waals surface area contributed by atoms with Crippen LogP contribution in [0.15, 0.2) is 29.6 Å². The lowest BCUT2D eigenvalue weighted by Crippen LogP contribution is -2.43. The van der Waals surface area contributed by atoms with E-state index in [1.807, 2.05) is 6.07 Å². The van der Waals surface area contributed by atoms with Gasteiger partial charge < -0.3 is 10.9 Å². The van der Waals surface area contributed by atoms with Crippen molar-refractivity contribution in [3.63, 3.8) is 0 Å². The van der Waals surface area contributed by atoms with Crippen molar-refractivity contribution < 1.29 is 13.6 Å². The number of rotatable bonds is 6. The highest BCUT2D eigenvalue weighted by Crippen LogP contribution is 2.26. The van der Waals surface area contributed by atoms with Gasteiger partial charge in [-0.1, -0.05) is 17.6 Å². The number of nitrogens with zero attached hydrogens (tertiary/aromatic N) is 2. The Hall–Kier alpha value is -1.67. The zero-order chi connectivity index (χ0) is 15.3. The highest BCUT2D eigenvalue weighted by atomic mass is 32.2. The molecule has 1 aromatic heterocycles. The van der Waals surface area contributed by atoms with Crippen molar-refractivity contribution in [2.45, 2.75) is 31.7 Å². The predicted octanol–water partition coefficient (Wildman–Crippen LogP) is 0.459. The molecule has 0 radical (unpaired) electrons. The zero-order valence-corrected chi connectivity index (χ0v) is 12.5. The van der Waals surface area contributed by atoms with Crippen LogP contribution in [-0.2, 0) is 16.4 Å². The largest absolute Gasteiger partial charge is 0.409 e. The second kappa shape index (κ2) is 6.86. The molecule has 116 valence electrons. The van der Waals surface area contributed by atoms with Crippen LogP contribution in [0.2, 0.25) is 0 Å². The van der Waals surface area contributed by atoms with Crippen LogP contribution >= 0.6 is 0 Å². The van der Waals surface area contributed by atoms with Crippen LogP contribution in [0.5, 0.6) is 0 Å². The van der Waals surface area contributed by atoms with E-state index in [0.29, 0.717) is 12.8 Å². The summed E-state index contributed by atoms with van der Waals surface area (Å²) in [5, 5.41) is 11.7. The van der Waals surface area contributed by atoms with Crippen molar-refractivity contribution in [1.29, 1.82) is 0 Å². The summed E-state index contributed by atoms with van der Waals surface area (Å²) in [5.74, 6) is -0.173. The molecular formula is C13H20N4O3S. The first kappa shape index (κ1) is 15.7. The Morgan fingerprint density at radius 2 is 2.29 bits per heavy atom. The van der Waals surface area contributed by atoms with Crippen LogP contribution in [0.4, 0.5) is 0 Å². The minimum Gasteiger partial charge on any atom is -0.409 e. The summed E-state index contributed by atoms with van der Waals surface area (Å²) in [6.07, 6.45) is 4.28. The summed E-state index contributed by atoms with van der Waals surface area (Å²) in [6, 6.07) is 5.11. The first-order valence-electron chi connectivity index (χ1n) is 6.89. The molecule has 8 heteroatoms. The molecule has 1 aliphatic carbocycles. The normalized spacial score (nSPS) is 23.3. The molecule has 1 fully saturated rings. The lowest BCUT2D eigenvalue weighted by molar-refractivity contribution is 0.312. The number of aromatic nitrogens is 1. The summed E-state index contributed by atoms with van der Waals surface area (Å²) in [6.45, 7) is 0. The maximum Gasteiger partial charge on any atom is 0.212 e. The van der Waals surface area contributed by atoms with E-state index in [-0.39, 0.29) is 23.5 Å². The molecule has 0 spiro atoms. The Bertz CT molecular complexity index is 589. The Labute approximate surface area is 124 Å². The molecule has 2 atom stereocenters. The number of hydrogen-bond donors (Lipinski definition) is 3. The van der Waals surface area contributed by atoms with E-state index in [1.165, 1.54) is 0 Å². The molecular weight excluding hydrogens is 292 g/mol. The van der Waals surface area contributed by atoms with Gasteiger partial charge in [-0.15, -0.1) is 0 Å². The van der Waals surface area contributed by atoms with Gasteiger partial charge in [-0.3, -0.25) is 4.98 Å². The minimum atomic E-state index is -3.42. The maximum absolute atomic E-state index is 12.1. The molecule has 1 aromatic rings. The monoisotopic (exact) mass is 312 g/mol. The molecule has 0 amide bonds. The van der Waals surface area contributed by atoms with Gasteiger partial charge in [0.2, 0.25) is 10.0 Å². The van der Waals surface area contributed by atoms with Crippen molar-refractivity contribution in [2.24, 2.45) is 16.8 Å². The van der Waals surface area contributed by atoms with E-state index >= 15 is 0 Å². The van der Waals surface area contributed by atoms with E-state index in [4.69, 9.17) is 10.9 Å². The number of nitrogens with two attached hydrogens (primary N) is 1. The van der Waals surface area contributed by atoms with E-state index in [1.54, 1.807) is 18.3 Å². The van der Waals surface area contributed by atoms with Crippen LogP contribution in [0.25, 0.3) is 0 Å². The van der Waals surface area contributed by atoms with Gasteiger partial charge in [0.1, 0.15) is 5.84 Å². The van der Waals surface area contributed by atoms with Gasteiger partial charge in [-0.2, -0.15) is 0 Å². The second-order valence-corrected chi connectivity index (χ2v) is 7.05. The molecule has 4 N–H and O–H groups in total. The number of amidine groups is 1. The minimum absolute atomic E-state index is 0.0244. The van der Waals surface area contributed by atoms with Crippen molar-refractivity contribution >= 4 is 15.9 Å². The molecule has 2 rings (SSSR count). The van der Waals surface area contributed by atoms with Gasteiger partial charge in [0.15, 0.2) is 0 Å². The molecule has 1 aliphatic rings. The predicted molar refractivity (Wildman–Crippen MR) is 79.4 cm³/mol. The molecule has 0 bridgehead atoms. The number of aryl methyl sites for hydroxylation is 1. The van der Waals surface area contributed by atoms with Crippen LogP contribution in [-0.4, -0.2) is 36.2 Å². The van der Waals surface area contributed by atoms with Gasteiger partial charge >= 0.3 is 0 Å². The van der Waals surface area contributed by atoms with Crippen molar-refractivity contribution in [3.8, 4) is 0 Å². The molecule has 2 unspecified atom stereocenters. The van der Waals surface area contributed by atoms with Gasteiger partial charge in [0, 0.05) is 30.3 Å². The Balaban J connectivity index is 1.94. The fourth-order valence-corrected chi connectivity index (χ4v) is 3.94. The van der Waals surface area contributed by atoms with Gasteiger partial charge in [0.25, 0.3) is 0 Å². The summed E-state index contributed by atoms with van der Waals surface area (Å²) in [5.41, 5.74) is 6.35. The molecule has 1 saturated carbocycles. The summed E-state index contributed by atoms with van der Waals surface area (Å²) < 4.78 is 26.9. The molecule has 0 aromatic carbocycles. The van der Waals surface area contributed by atoms with E-state index in [2.05, 4.69) is 14.9 Å². The molecule has 0 saturated heterocycles. The molecule has 0 aliphatic heterocycles. The average Bonchev–Trinajstić information content (AvgIpc) is 2.93. The first-order chi connectivity index (χ1) is 10.0. The lowest BCUT2D eigenvalue weighted by Gasteiger charge is -2.19. The number of hydrogen-bond acceptors (Lipinski definition) is 5. The van der Waals surface area contributed by atoms with Crippen molar-refractivity contribution in [3.05, 3.63) is 30.1 Å². The van der Waals surface area contributed by atoms with Crippen LogP contribution in [0.3, 0.4) is 0 Å². The Morgan fingerprint density at radius 1 is 1.48 bits per heavy atom. The van der Waals surface area contributed by atoms with Crippen LogP contribution < -0.4 is 10.5 Å². The van der Waals surface area contributed by atoms with Gasteiger partial charge in [0.05, 0.1) is 5.75 Å². The summed E-state index contributed by atoms with van der Waals surface area (Å²) in [7, 11) is -3.42. The Morgan fingerprint density at radius 3 is 2.95 bits per heavy atom. The molecule has 1 heterocycles. The van der Waals surface area contributed by atoms with Gasteiger partial charge in [-0.25, -0.2) is 13.1 Å². The quantitative estimate of drug-likeness (QED) is 0.305. The Kier molecular flexibility index (Phi) is 5.13. The second-order valence-electron chi connectivity index (χ2n) is 5.18. The topological polar surface area (TPSA) is 118 Å². The van der Waals surface area contributed by atoms with E-state index in [9.17, 15) is 8.42 Å². The molecule has 7 nitrogen and oxygen atoms in total. The number of pyridine rings is 1. The standard InChI is InChI=1S/C13H20N4O3S/c14-13(16-18)11-5-3-6-12(11)17-21(19,20)9-7-10-4-1-2-8-15-10/h1-2,4,8,11-12,17-18H,3,5-7,9H2,(H2,14,16). The van der Waals surface area contributed by atoms with Gasteiger partial charge in [-0.05, 0) is 25.0 Å². The number of sulfonamides is 1. The SMILES string of the molecule is NC(=NO)C1CCCC1NS(=O)(=O)CCc1ccccn1. The third-order valence-electron chi connectivity index (χ3n) is 3.70. The van der Waals surface area contributed by atoms with Crippen molar-refractivity contribution in [2.75, 3.05) is 5.75 Å². The lowest BCUT2D eigenvalue weighted by atomic mass is 10.0.